The molecule has 2 aliphatic carbocycles. The van der Waals surface area contributed by atoms with Gasteiger partial charge in [0.15, 0.2) is 0 Å². The second-order valence-electron chi connectivity index (χ2n) is 13.4. The summed E-state index contributed by atoms with van der Waals surface area (Å²) in [6.07, 6.45) is 10.2. The molecule has 0 aliphatic heterocycles. The summed E-state index contributed by atoms with van der Waals surface area (Å²) in [4.78, 5) is 0. The van der Waals surface area contributed by atoms with Crippen LogP contribution in [0.15, 0.2) is 97.1 Å². The van der Waals surface area contributed by atoms with Crippen LogP contribution >= 0.6 is 0 Å². The van der Waals surface area contributed by atoms with Crippen LogP contribution in [0.1, 0.15) is 122 Å². The van der Waals surface area contributed by atoms with E-state index in [0.29, 0.717) is 47.0 Å². The van der Waals surface area contributed by atoms with Gasteiger partial charge in [0.2, 0.25) is 0 Å². The van der Waals surface area contributed by atoms with Crippen molar-refractivity contribution in [2.45, 2.75) is 95.3 Å². The third-order valence-electron chi connectivity index (χ3n) is 11.0. The molecule has 6 rings (SSSR count). The van der Waals surface area contributed by atoms with E-state index in [1.165, 1.54) is 60.8 Å². The molecular weight excluding hydrogens is 524 g/mol. The Bertz CT molecular complexity index is 1360. The fourth-order valence-electron chi connectivity index (χ4n) is 8.81. The zero-order chi connectivity index (χ0) is 29.8. The summed E-state index contributed by atoms with van der Waals surface area (Å²) >= 11 is 0. The third kappa shape index (κ3) is 6.26. The van der Waals surface area contributed by atoms with Gasteiger partial charge in [0.1, 0.15) is 11.5 Å². The van der Waals surface area contributed by atoms with E-state index in [2.05, 4.69) is 86.6 Å². The smallest absolute Gasteiger partial charge is 0.119 e. The van der Waals surface area contributed by atoms with Crippen molar-refractivity contribution < 1.29 is 10.2 Å². The van der Waals surface area contributed by atoms with Crippen molar-refractivity contribution >= 4 is 0 Å². The number of rotatable bonds is 8. The number of aromatic hydroxyl groups is 2. The van der Waals surface area contributed by atoms with E-state index < -0.39 is 0 Å². The molecule has 6 unspecified atom stereocenters. The zero-order valence-electron chi connectivity index (χ0n) is 26.0. The van der Waals surface area contributed by atoms with Gasteiger partial charge >= 0.3 is 0 Å². The van der Waals surface area contributed by atoms with Crippen LogP contribution in [0.4, 0.5) is 0 Å². The molecule has 4 aromatic carbocycles. The quantitative estimate of drug-likeness (QED) is 0.220. The molecule has 2 nitrogen and oxygen atoms in total. The maximum atomic E-state index is 11.5. The van der Waals surface area contributed by atoms with Crippen molar-refractivity contribution in [2.75, 3.05) is 0 Å². The Morgan fingerprint density at radius 2 is 0.907 bits per heavy atom. The monoisotopic (exact) mass is 572 g/mol. The maximum Gasteiger partial charge on any atom is 0.119 e. The Hall–Kier alpha value is -3.52. The Balaban J connectivity index is 1.36. The third-order valence-corrected chi connectivity index (χ3v) is 11.0. The van der Waals surface area contributed by atoms with Crippen LogP contribution in [-0.4, -0.2) is 10.2 Å². The normalized spacial score (nSPS) is 23.9. The van der Waals surface area contributed by atoms with Crippen LogP contribution < -0.4 is 0 Å². The van der Waals surface area contributed by atoms with E-state index in [-0.39, 0.29) is 0 Å². The van der Waals surface area contributed by atoms with E-state index in [0.717, 1.165) is 30.4 Å². The van der Waals surface area contributed by atoms with Crippen LogP contribution in [0.25, 0.3) is 0 Å². The van der Waals surface area contributed by atoms with E-state index in [9.17, 15) is 10.2 Å². The zero-order valence-corrected chi connectivity index (χ0v) is 26.0. The average molecular weight is 573 g/mol. The molecule has 4 aromatic rings. The first kappa shape index (κ1) is 29.5. The molecule has 0 saturated heterocycles. The highest BCUT2D eigenvalue weighted by Gasteiger charge is 2.36. The van der Waals surface area contributed by atoms with Gasteiger partial charge in [-0.05, 0) is 102 Å². The summed E-state index contributed by atoms with van der Waals surface area (Å²) in [6, 6.07) is 34.1. The number of benzene rings is 4. The van der Waals surface area contributed by atoms with E-state index >= 15 is 0 Å². The predicted molar refractivity (Wildman–Crippen MR) is 178 cm³/mol. The molecule has 0 radical (unpaired) electrons. The highest BCUT2D eigenvalue weighted by atomic mass is 16.3. The topological polar surface area (TPSA) is 40.5 Å². The van der Waals surface area contributed by atoms with Gasteiger partial charge in [-0.15, -0.1) is 0 Å². The molecule has 0 heterocycles. The van der Waals surface area contributed by atoms with Crippen molar-refractivity contribution in [3.8, 4) is 11.5 Å². The number of hydrogen-bond acceptors (Lipinski definition) is 2. The van der Waals surface area contributed by atoms with Gasteiger partial charge in [-0.25, -0.2) is 0 Å². The molecule has 2 aliphatic rings. The lowest BCUT2D eigenvalue weighted by Gasteiger charge is -2.38. The standard InChI is InChI=1S/C41H48O2/c1-28(30-15-5-3-6-16-30)34-21-9-11-23-36(34)40-32(19-13-25-38(40)42)27-33-20-14-26-39(43)41(33)37-24-12-10-22-35(37)29(2)31-17-7-4-8-18-31/h3-8,13-20,25-26,28-29,34-37,42-43H,9-12,21-24,27H2,1-2H3. The summed E-state index contributed by atoms with van der Waals surface area (Å²) < 4.78 is 0. The Labute approximate surface area is 258 Å². The van der Waals surface area contributed by atoms with Crippen LogP contribution in [0.5, 0.6) is 11.5 Å². The van der Waals surface area contributed by atoms with Gasteiger partial charge < -0.3 is 10.2 Å². The second-order valence-corrected chi connectivity index (χ2v) is 13.4. The van der Waals surface area contributed by atoms with Crippen LogP contribution in [0.3, 0.4) is 0 Å². The van der Waals surface area contributed by atoms with Gasteiger partial charge in [0.05, 0.1) is 0 Å². The van der Waals surface area contributed by atoms with Gasteiger partial charge in [0, 0.05) is 11.1 Å². The van der Waals surface area contributed by atoms with Crippen molar-refractivity contribution in [1.29, 1.82) is 0 Å². The fraction of sp³-hybridized carbons (Fsp3) is 0.415. The van der Waals surface area contributed by atoms with Gasteiger partial charge in [-0.2, -0.15) is 0 Å². The van der Waals surface area contributed by atoms with E-state index in [4.69, 9.17) is 0 Å². The molecule has 224 valence electrons. The van der Waals surface area contributed by atoms with Crippen molar-refractivity contribution in [1.82, 2.24) is 0 Å². The highest BCUT2D eigenvalue weighted by molar-refractivity contribution is 5.50. The summed E-state index contributed by atoms with van der Waals surface area (Å²) in [7, 11) is 0. The Morgan fingerprint density at radius 3 is 1.33 bits per heavy atom. The Kier molecular flexibility index (Phi) is 9.22. The van der Waals surface area contributed by atoms with E-state index in [1.54, 1.807) is 0 Å². The van der Waals surface area contributed by atoms with Crippen molar-refractivity contribution in [2.24, 2.45) is 11.8 Å². The lowest BCUT2D eigenvalue weighted by molar-refractivity contribution is 0.263. The molecule has 2 fully saturated rings. The highest BCUT2D eigenvalue weighted by Crippen LogP contribution is 2.51. The minimum Gasteiger partial charge on any atom is -0.508 e. The first-order chi connectivity index (χ1) is 21.0. The summed E-state index contributed by atoms with van der Waals surface area (Å²) in [6.45, 7) is 4.75. The molecule has 0 spiro atoms. The van der Waals surface area contributed by atoms with Crippen LogP contribution in [0.2, 0.25) is 0 Å². The lowest BCUT2D eigenvalue weighted by atomic mass is 9.66. The van der Waals surface area contributed by atoms with Gasteiger partial charge in [0.25, 0.3) is 0 Å². The maximum absolute atomic E-state index is 11.5. The van der Waals surface area contributed by atoms with Crippen molar-refractivity contribution in [3.05, 3.63) is 130 Å². The lowest BCUT2D eigenvalue weighted by Crippen LogP contribution is -2.25. The summed E-state index contributed by atoms with van der Waals surface area (Å²) in [5, 5.41) is 22.9. The first-order valence-electron chi connectivity index (χ1n) is 16.7. The average Bonchev–Trinajstić information content (AvgIpc) is 3.05. The molecule has 0 aromatic heterocycles. The molecular formula is C41H48O2. The molecule has 2 heteroatoms. The van der Waals surface area contributed by atoms with Gasteiger partial charge in [-0.3, -0.25) is 0 Å². The van der Waals surface area contributed by atoms with E-state index in [1.807, 2.05) is 24.3 Å². The summed E-state index contributed by atoms with van der Waals surface area (Å²) in [5.41, 5.74) is 7.49. The number of phenols is 2. The number of phenolic OH excluding ortho intramolecular Hbond substituents is 2. The number of hydrogen-bond donors (Lipinski definition) is 2. The summed E-state index contributed by atoms with van der Waals surface area (Å²) in [5.74, 6) is 3.34. The molecule has 2 saturated carbocycles. The molecule has 0 bridgehead atoms. The largest absolute Gasteiger partial charge is 0.508 e. The molecule has 2 N–H and O–H groups in total. The predicted octanol–water partition coefficient (Wildman–Crippen LogP) is 10.8. The Morgan fingerprint density at radius 1 is 0.512 bits per heavy atom. The van der Waals surface area contributed by atoms with Crippen LogP contribution in [-0.2, 0) is 6.42 Å². The molecule has 43 heavy (non-hydrogen) atoms. The molecule has 0 amide bonds. The van der Waals surface area contributed by atoms with Crippen molar-refractivity contribution in [3.63, 3.8) is 0 Å². The SMILES string of the molecule is CC(c1ccccc1)C1CCCCC1c1c(O)cccc1Cc1cccc(O)c1C1CCCCC1C(C)c1ccccc1. The fourth-order valence-corrected chi connectivity index (χ4v) is 8.81. The second kappa shape index (κ2) is 13.4. The minimum absolute atomic E-state index is 0.321. The molecule has 6 atom stereocenters. The van der Waals surface area contributed by atoms with Crippen LogP contribution in [0, 0.1) is 11.8 Å². The van der Waals surface area contributed by atoms with Gasteiger partial charge in [-0.1, -0.05) is 124 Å². The minimum atomic E-state index is 0.321. The first-order valence-corrected chi connectivity index (χ1v) is 16.7.